The molecule has 0 aliphatic heterocycles. The van der Waals surface area contributed by atoms with Crippen molar-refractivity contribution in [3.8, 4) is 5.75 Å². The van der Waals surface area contributed by atoms with Crippen molar-refractivity contribution >= 4 is 18.0 Å². The lowest BCUT2D eigenvalue weighted by molar-refractivity contribution is -0.139. The Balaban J connectivity index is 1.79. The van der Waals surface area contributed by atoms with Gasteiger partial charge in [-0.2, -0.15) is 0 Å². The van der Waals surface area contributed by atoms with E-state index in [1.54, 1.807) is 18.2 Å². The highest BCUT2D eigenvalue weighted by Gasteiger charge is 2.03. The van der Waals surface area contributed by atoms with E-state index >= 15 is 0 Å². The highest BCUT2D eigenvalue weighted by molar-refractivity contribution is 5.78. The minimum absolute atomic E-state index is 0.0816. The summed E-state index contributed by atoms with van der Waals surface area (Å²) in [6.45, 7) is 4.28. The Kier molecular flexibility index (Phi) is 7.62. The SMILES string of the molecule is CC(C)c1ccc(/C=C/CC(=O)NCc2cccc(OCC(=O)O)c2)cc1. The average molecular weight is 367 g/mol. The van der Waals surface area contributed by atoms with Crippen LogP contribution in [0.15, 0.2) is 54.6 Å². The molecule has 1 amide bonds. The Morgan fingerprint density at radius 3 is 2.56 bits per heavy atom. The number of aliphatic carboxylic acids is 1. The third-order valence-electron chi connectivity index (χ3n) is 3.97. The van der Waals surface area contributed by atoms with Gasteiger partial charge in [0.1, 0.15) is 5.75 Å². The molecular formula is C22H25NO4. The predicted molar refractivity (Wildman–Crippen MR) is 106 cm³/mol. The molecule has 0 aromatic heterocycles. The number of carbonyl (C=O) groups is 2. The molecule has 0 unspecified atom stereocenters. The topological polar surface area (TPSA) is 75.6 Å². The van der Waals surface area contributed by atoms with Crippen LogP contribution >= 0.6 is 0 Å². The molecule has 2 aromatic rings. The minimum atomic E-state index is -1.03. The molecule has 142 valence electrons. The number of rotatable bonds is 9. The first-order valence-corrected chi connectivity index (χ1v) is 8.91. The van der Waals surface area contributed by atoms with Crippen molar-refractivity contribution in [3.63, 3.8) is 0 Å². The molecule has 0 saturated carbocycles. The molecule has 0 radical (unpaired) electrons. The van der Waals surface area contributed by atoms with Crippen molar-refractivity contribution < 1.29 is 19.4 Å². The molecule has 5 nitrogen and oxygen atoms in total. The second-order valence-electron chi connectivity index (χ2n) is 6.53. The second-order valence-corrected chi connectivity index (χ2v) is 6.53. The van der Waals surface area contributed by atoms with Gasteiger partial charge in [-0.05, 0) is 34.7 Å². The van der Waals surface area contributed by atoms with E-state index in [1.165, 1.54) is 5.56 Å². The molecule has 27 heavy (non-hydrogen) atoms. The van der Waals surface area contributed by atoms with E-state index < -0.39 is 12.6 Å². The van der Waals surface area contributed by atoms with Gasteiger partial charge in [-0.3, -0.25) is 4.79 Å². The molecule has 0 aliphatic rings. The van der Waals surface area contributed by atoms with E-state index in [1.807, 2.05) is 30.4 Å². The number of amides is 1. The van der Waals surface area contributed by atoms with Crippen LogP contribution in [0.2, 0.25) is 0 Å². The Bertz CT molecular complexity index is 794. The molecule has 0 saturated heterocycles. The summed E-state index contributed by atoms with van der Waals surface area (Å²) in [4.78, 5) is 22.5. The van der Waals surface area contributed by atoms with Crippen LogP contribution in [-0.4, -0.2) is 23.6 Å². The predicted octanol–water partition coefficient (Wildman–Crippen LogP) is 3.99. The molecule has 2 aromatic carbocycles. The van der Waals surface area contributed by atoms with Crippen molar-refractivity contribution in [2.75, 3.05) is 6.61 Å². The van der Waals surface area contributed by atoms with E-state index in [0.29, 0.717) is 24.6 Å². The summed E-state index contributed by atoms with van der Waals surface area (Å²) in [6, 6.07) is 15.3. The van der Waals surface area contributed by atoms with Gasteiger partial charge in [0, 0.05) is 13.0 Å². The van der Waals surface area contributed by atoms with Gasteiger partial charge in [0.2, 0.25) is 5.91 Å². The van der Waals surface area contributed by atoms with Gasteiger partial charge >= 0.3 is 5.97 Å². The summed E-state index contributed by atoms with van der Waals surface area (Å²) in [5.74, 6) is -0.142. The van der Waals surface area contributed by atoms with E-state index in [2.05, 4.69) is 31.3 Å². The van der Waals surface area contributed by atoms with Crippen LogP contribution in [0.5, 0.6) is 5.75 Å². The lowest BCUT2D eigenvalue weighted by Gasteiger charge is -2.07. The van der Waals surface area contributed by atoms with Crippen LogP contribution in [0, 0.1) is 0 Å². The number of benzene rings is 2. The van der Waals surface area contributed by atoms with Crippen LogP contribution in [0.25, 0.3) is 6.08 Å². The van der Waals surface area contributed by atoms with Crippen molar-refractivity contribution in [3.05, 3.63) is 71.3 Å². The molecule has 2 rings (SSSR count). The lowest BCUT2D eigenvalue weighted by Crippen LogP contribution is -2.21. The summed E-state index contributed by atoms with van der Waals surface area (Å²) >= 11 is 0. The normalized spacial score (nSPS) is 10.9. The van der Waals surface area contributed by atoms with Crippen LogP contribution in [0.4, 0.5) is 0 Å². The van der Waals surface area contributed by atoms with Gasteiger partial charge in [-0.25, -0.2) is 4.79 Å². The summed E-state index contributed by atoms with van der Waals surface area (Å²) in [7, 11) is 0. The molecular weight excluding hydrogens is 342 g/mol. The van der Waals surface area contributed by atoms with Crippen LogP contribution in [-0.2, 0) is 16.1 Å². The Morgan fingerprint density at radius 1 is 1.15 bits per heavy atom. The number of hydrogen-bond donors (Lipinski definition) is 2. The lowest BCUT2D eigenvalue weighted by atomic mass is 10.0. The molecule has 0 bridgehead atoms. The number of nitrogens with one attached hydrogen (secondary N) is 1. The van der Waals surface area contributed by atoms with Gasteiger partial charge in [0.25, 0.3) is 0 Å². The van der Waals surface area contributed by atoms with Crippen molar-refractivity contribution in [1.82, 2.24) is 5.32 Å². The third kappa shape index (κ3) is 7.36. The fraction of sp³-hybridized carbons (Fsp3) is 0.273. The maximum absolute atomic E-state index is 12.0. The highest BCUT2D eigenvalue weighted by Crippen LogP contribution is 2.15. The fourth-order valence-corrected chi connectivity index (χ4v) is 2.46. The summed E-state index contributed by atoms with van der Waals surface area (Å²) < 4.78 is 5.13. The first-order chi connectivity index (χ1) is 12.9. The summed E-state index contributed by atoms with van der Waals surface area (Å²) in [6.07, 6.45) is 4.07. The Morgan fingerprint density at radius 2 is 1.89 bits per heavy atom. The Hall–Kier alpha value is -3.08. The monoisotopic (exact) mass is 367 g/mol. The number of ether oxygens (including phenoxy) is 1. The number of carboxylic acids is 1. The molecule has 0 heterocycles. The smallest absolute Gasteiger partial charge is 0.341 e. The second kappa shape index (κ2) is 10.2. The number of hydrogen-bond acceptors (Lipinski definition) is 3. The maximum Gasteiger partial charge on any atom is 0.341 e. The molecule has 0 aliphatic carbocycles. The molecule has 0 fully saturated rings. The largest absolute Gasteiger partial charge is 0.482 e. The number of carbonyl (C=O) groups excluding carboxylic acids is 1. The van der Waals surface area contributed by atoms with E-state index in [0.717, 1.165) is 11.1 Å². The highest BCUT2D eigenvalue weighted by atomic mass is 16.5. The molecule has 2 N–H and O–H groups in total. The van der Waals surface area contributed by atoms with E-state index in [-0.39, 0.29) is 5.91 Å². The first-order valence-electron chi connectivity index (χ1n) is 8.91. The van der Waals surface area contributed by atoms with Gasteiger partial charge in [-0.1, -0.05) is 62.4 Å². The van der Waals surface area contributed by atoms with Gasteiger partial charge in [0.15, 0.2) is 6.61 Å². The van der Waals surface area contributed by atoms with Gasteiger partial charge in [-0.15, -0.1) is 0 Å². The van der Waals surface area contributed by atoms with Crippen LogP contribution < -0.4 is 10.1 Å². The van der Waals surface area contributed by atoms with Crippen molar-refractivity contribution in [2.45, 2.75) is 32.7 Å². The minimum Gasteiger partial charge on any atom is -0.482 e. The fourth-order valence-electron chi connectivity index (χ4n) is 2.46. The summed E-state index contributed by atoms with van der Waals surface area (Å²) in [5.41, 5.74) is 3.20. The van der Waals surface area contributed by atoms with Crippen molar-refractivity contribution in [1.29, 1.82) is 0 Å². The standard InChI is InChI=1S/C22H25NO4/c1-16(2)19-11-9-17(10-12-19)5-4-8-21(24)23-14-18-6-3-7-20(13-18)27-15-22(25)26/h3-7,9-13,16H,8,14-15H2,1-2H3,(H,23,24)(H,25,26)/b5-4+. The van der Waals surface area contributed by atoms with E-state index in [9.17, 15) is 9.59 Å². The summed E-state index contributed by atoms with van der Waals surface area (Å²) in [5, 5.41) is 11.5. The van der Waals surface area contributed by atoms with Gasteiger partial charge in [0.05, 0.1) is 0 Å². The van der Waals surface area contributed by atoms with E-state index in [4.69, 9.17) is 9.84 Å². The zero-order chi connectivity index (χ0) is 19.6. The van der Waals surface area contributed by atoms with Crippen molar-refractivity contribution in [2.24, 2.45) is 0 Å². The first kappa shape index (κ1) is 20.2. The quantitative estimate of drug-likeness (QED) is 0.703. The molecule has 0 spiro atoms. The maximum atomic E-state index is 12.0. The van der Waals surface area contributed by atoms with Gasteiger partial charge < -0.3 is 15.2 Å². The van der Waals surface area contributed by atoms with Crippen LogP contribution in [0.1, 0.15) is 42.9 Å². The Labute approximate surface area is 159 Å². The zero-order valence-electron chi connectivity index (χ0n) is 15.6. The van der Waals surface area contributed by atoms with Crippen LogP contribution in [0.3, 0.4) is 0 Å². The zero-order valence-corrected chi connectivity index (χ0v) is 15.6. The molecule has 0 atom stereocenters. The number of carboxylic acid groups (broad SMARTS) is 1. The third-order valence-corrected chi connectivity index (χ3v) is 3.97. The molecule has 5 heteroatoms. The average Bonchev–Trinajstić information content (AvgIpc) is 2.65.